The smallest absolute Gasteiger partial charge is 0.456 e. The van der Waals surface area contributed by atoms with Gasteiger partial charge in [-0.2, -0.15) is 0 Å². The third-order valence-electron chi connectivity index (χ3n) is 14.4. The minimum atomic E-state index is -4.46. The molecule has 0 aliphatic heterocycles. The van der Waals surface area contributed by atoms with E-state index >= 15 is 0 Å². The Balaban J connectivity index is 5.25. The highest BCUT2D eigenvalue weighted by Crippen LogP contribution is 2.43. The number of unbranched alkanes of at least 4 members (excludes halogenated alkanes) is 35. The Hall–Kier alpha value is -2.29. The lowest BCUT2D eigenvalue weighted by Gasteiger charge is -2.27. The van der Waals surface area contributed by atoms with E-state index in [1.807, 2.05) is 33.3 Å². The number of phosphoric acid groups is 1. The molecule has 450 valence electrons. The second-order valence-corrected chi connectivity index (χ2v) is 24.7. The van der Waals surface area contributed by atoms with E-state index in [1.165, 1.54) is 186 Å². The van der Waals surface area contributed by atoms with Crippen LogP contribution in [0.4, 0.5) is 0 Å². The maximum atomic E-state index is 13.6. The fraction of sp³-hybridized carbons (Fsp3) is 0.821. The molecular weight excluding hydrogens is 976 g/mol. The highest BCUT2D eigenvalue weighted by atomic mass is 31.2. The number of carbonyl (C=O) groups excluding carboxylic acids is 2. The van der Waals surface area contributed by atoms with Crippen LogP contribution in [0.25, 0.3) is 0 Å². The van der Waals surface area contributed by atoms with Crippen LogP contribution < -0.4 is 5.32 Å². The van der Waals surface area contributed by atoms with Gasteiger partial charge in [0.05, 0.1) is 33.8 Å². The standard InChI is InChI=1S/C67H125N2O7P/c1-7-10-13-16-19-22-25-28-30-32-33-34-35-37-39-42-45-48-51-54-57-60-67(71)76-65(58-55-52-49-46-43-40-27-24-21-18-15-12-9-3)64(63-75-77(72,73)74-62-61-69(4,5)6)68-66(70)59-56-53-50-47-44-41-38-36-31-29-26-23-20-17-14-11-8-2/h20,23,28-31,38,41,55,58,64-65H,7-19,21-22,24-27,32-37,39-40,42-54,56-57,59-63H2,1-6H3,(H-,68,70,72,73)/p+1/b23-20-,30-28+,31-29-,41-38-,58-55+. The number of nitrogens with zero attached hydrogens (tertiary/aromatic N) is 1. The van der Waals surface area contributed by atoms with Crippen LogP contribution in [0.5, 0.6) is 0 Å². The van der Waals surface area contributed by atoms with Crippen molar-refractivity contribution < 1.29 is 37.3 Å². The molecule has 1 amide bonds. The molecule has 0 rings (SSSR count). The monoisotopic (exact) mass is 1100 g/mol. The lowest BCUT2D eigenvalue weighted by atomic mass is 10.0. The maximum absolute atomic E-state index is 13.6. The molecule has 0 aromatic carbocycles. The van der Waals surface area contributed by atoms with Gasteiger partial charge in [-0.1, -0.05) is 255 Å². The summed E-state index contributed by atoms with van der Waals surface area (Å²) in [4.78, 5) is 37.8. The number of esters is 1. The fourth-order valence-corrected chi connectivity index (χ4v) is 10.1. The van der Waals surface area contributed by atoms with Crippen LogP contribution in [-0.2, 0) is 27.9 Å². The Morgan fingerprint density at radius 3 is 1.22 bits per heavy atom. The number of hydrogen-bond acceptors (Lipinski definition) is 6. The van der Waals surface area contributed by atoms with Crippen LogP contribution in [0.1, 0.15) is 303 Å². The van der Waals surface area contributed by atoms with Gasteiger partial charge in [0, 0.05) is 12.8 Å². The maximum Gasteiger partial charge on any atom is 0.472 e. The average molecular weight is 1100 g/mol. The molecule has 3 unspecified atom stereocenters. The van der Waals surface area contributed by atoms with Crippen molar-refractivity contribution in [2.75, 3.05) is 40.9 Å². The van der Waals surface area contributed by atoms with E-state index in [1.54, 1.807) is 0 Å². The molecule has 2 N–H and O–H groups in total. The molecule has 10 heteroatoms. The topological polar surface area (TPSA) is 111 Å². The van der Waals surface area contributed by atoms with E-state index in [0.717, 1.165) is 83.5 Å². The largest absolute Gasteiger partial charge is 0.472 e. The van der Waals surface area contributed by atoms with E-state index in [2.05, 4.69) is 74.7 Å². The van der Waals surface area contributed by atoms with Crippen molar-refractivity contribution in [1.82, 2.24) is 5.32 Å². The van der Waals surface area contributed by atoms with Gasteiger partial charge in [0.1, 0.15) is 19.3 Å². The van der Waals surface area contributed by atoms with Crippen LogP contribution in [0.15, 0.2) is 60.8 Å². The molecule has 0 fully saturated rings. The van der Waals surface area contributed by atoms with Crippen LogP contribution >= 0.6 is 7.82 Å². The minimum absolute atomic E-state index is 0.0349. The van der Waals surface area contributed by atoms with E-state index in [9.17, 15) is 19.0 Å². The zero-order chi connectivity index (χ0) is 56.4. The molecule has 0 aromatic rings. The van der Waals surface area contributed by atoms with Crippen molar-refractivity contribution in [1.29, 1.82) is 0 Å². The summed E-state index contributed by atoms with van der Waals surface area (Å²) in [5.74, 6) is -0.523. The van der Waals surface area contributed by atoms with Crippen molar-refractivity contribution in [3.05, 3.63) is 60.8 Å². The van der Waals surface area contributed by atoms with E-state index in [-0.39, 0.29) is 31.5 Å². The highest BCUT2D eigenvalue weighted by Gasteiger charge is 2.30. The van der Waals surface area contributed by atoms with Gasteiger partial charge in [-0.3, -0.25) is 18.6 Å². The van der Waals surface area contributed by atoms with E-state index in [0.29, 0.717) is 17.4 Å². The molecule has 0 heterocycles. The SMILES string of the molecule is CCCCC/C=C\C/C=C\C/C=C\CCCCCCC(=O)NC(COP(=O)(O)OCC[N+](C)(C)C)C(/C=C/CCCCCCCCCCCCC)OC(=O)CCCCCCCCCCCCC/C=C/CCCCCCCC. The van der Waals surface area contributed by atoms with Crippen LogP contribution in [0.3, 0.4) is 0 Å². The van der Waals surface area contributed by atoms with Gasteiger partial charge in [0.15, 0.2) is 0 Å². The van der Waals surface area contributed by atoms with E-state index < -0.39 is 20.0 Å². The van der Waals surface area contributed by atoms with Gasteiger partial charge in [-0.15, -0.1) is 0 Å². The van der Waals surface area contributed by atoms with Gasteiger partial charge in [0.2, 0.25) is 5.91 Å². The molecule has 0 bridgehead atoms. The number of rotatable bonds is 59. The second kappa shape index (κ2) is 57.0. The van der Waals surface area contributed by atoms with Crippen LogP contribution in [0.2, 0.25) is 0 Å². The van der Waals surface area contributed by atoms with Gasteiger partial charge >= 0.3 is 13.8 Å². The average Bonchev–Trinajstić information content (AvgIpc) is 3.39. The van der Waals surface area contributed by atoms with Crippen molar-refractivity contribution >= 4 is 19.7 Å². The molecule has 0 saturated heterocycles. The number of hydrogen-bond donors (Lipinski definition) is 2. The molecular formula is C67H126N2O7P+. The molecule has 0 radical (unpaired) electrons. The molecule has 0 aliphatic carbocycles. The van der Waals surface area contributed by atoms with Crippen LogP contribution in [0, 0.1) is 0 Å². The van der Waals surface area contributed by atoms with Crippen molar-refractivity contribution in [2.24, 2.45) is 0 Å². The summed E-state index contributed by atoms with van der Waals surface area (Å²) in [5.41, 5.74) is 0. The minimum Gasteiger partial charge on any atom is -0.456 e. The van der Waals surface area contributed by atoms with Gasteiger partial charge in [-0.05, 0) is 96.0 Å². The molecule has 9 nitrogen and oxygen atoms in total. The normalized spacial score (nSPS) is 14.0. The molecule has 0 saturated carbocycles. The molecule has 0 aliphatic rings. The first-order chi connectivity index (χ1) is 37.4. The fourth-order valence-electron chi connectivity index (χ4n) is 9.35. The Bertz CT molecular complexity index is 1500. The van der Waals surface area contributed by atoms with Crippen molar-refractivity contribution in [2.45, 2.75) is 315 Å². The highest BCUT2D eigenvalue weighted by molar-refractivity contribution is 7.47. The summed E-state index contributed by atoms with van der Waals surface area (Å²) in [6.07, 6.45) is 72.2. The Kier molecular flexibility index (Phi) is 55.3. The van der Waals surface area contributed by atoms with Crippen LogP contribution in [-0.4, -0.2) is 74.3 Å². The first-order valence-electron chi connectivity index (χ1n) is 32.6. The Labute approximate surface area is 477 Å². The molecule has 0 aromatic heterocycles. The number of nitrogens with one attached hydrogen (secondary N) is 1. The number of likely N-dealkylation sites (N-methyl/N-ethyl adjacent to an activating group) is 1. The Morgan fingerprint density at radius 1 is 0.455 bits per heavy atom. The molecule has 77 heavy (non-hydrogen) atoms. The number of amides is 1. The predicted octanol–water partition coefficient (Wildman–Crippen LogP) is 20.2. The summed E-state index contributed by atoms with van der Waals surface area (Å²) in [6.45, 7) is 6.99. The number of quaternary nitrogens is 1. The summed E-state index contributed by atoms with van der Waals surface area (Å²) >= 11 is 0. The van der Waals surface area contributed by atoms with Gasteiger partial charge in [0.25, 0.3) is 0 Å². The summed E-state index contributed by atoms with van der Waals surface area (Å²) in [7, 11) is 1.48. The summed E-state index contributed by atoms with van der Waals surface area (Å²) in [5, 5.41) is 3.05. The third-order valence-corrected chi connectivity index (χ3v) is 15.4. The van der Waals surface area contributed by atoms with Crippen molar-refractivity contribution in [3.63, 3.8) is 0 Å². The predicted molar refractivity (Wildman–Crippen MR) is 332 cm³/mol. The molecule has 0 spiro atoms. The zero-order valence-electron chi connectivity index (χ0n) is 51.5. The third kappa shape index (κ3) is 58.2. The lowest BCUT2D eigenvalue weighted by molar-refractivity contribution is -0.870. The van der Waals surface area contributed by atoms with Crippen molar-refractivity contribution in [3.8, 4) is 0 Å². The Morgan fingerprint density at radius 2 is 0.792 bits per heavy atom. The van der Waals surface area contributed by atoms with Gasteiger partial charge < -0.3 is 19.4 Å². The number of ether oxygens (including phenoxy) is 1. The summed E-state index contributed by atoms with van der Waals surface area (Å²) < 4.78 is 30.7. The zero-order valence-corrected chi connectivity index (χ0v) is 52.3. The van der Waals surface area contributed by atoms with Gasteiger partial charge in [-0.25, -0.2) is 4.57 Å². The lowest BCUT2D eigenvalue weighted by Crippen LogP contribution is -2.47. The second-order valence-electron chi connectivity index (χ2n) is 23.3. The van der Waals surface area contributed by atoms with E-state index in [4.69, 9.17) is 13.8 Å². The first-order valence-corrected chi connectivity index (χ1v) is 34.1. The number of phosphoric ester groups is 1. The molecule has 3 atom stereocenters. The summed E-state index contributed by atoms with van der Waals surface area (Å²) in [6, 6.07) is -0.861. The number of allylic oxidation sites excluding steroid dienone is 9. The first kappa shape index (κ1) is 74.7. The quantitative estimate of drug-likeness (QED) is 0.0205. The number of carbonyl (C=O) groups is 2.